The summed E-state index contributed by atoms with van der Waals surface area (Å²) in [6, 6.07) is 5.16. The zero-order valence-electron chi connectivity index (χ0n) is 13.8. The Labute approximate surface area is 132 Å². The minimum Gasteiger partial charge on any atom is -0.357 e. The first kappa shape index (κ1) is 16.7. The molecule has 22 heavy (non-hydrogen) atoms. The molecule has 1 aromatic carbocycles. The van der Waals surface area contributed by atoms with Gasteiger partial charge in [-0.1, -0.05) is 12.1 Å². The predicted octanol–water partition coefficient (Wildman–Crippen LogP) is 2.14. The Bertz CT molecular complexity index is 515. The van der Waals surface area contributed by atoms with E-state index in [0.29, 0.717) is 18.0 Å². The van der Waals surface area contributed by atoms with Crippen LogP contribution in [0.2, 0.25) is 0 Å². The van der Waals surface area contributed by atoms with Crippen LogP contribution in [-0.2, 0) is 6.54 Å². The molecule has 1 aliphatic rings. The van der Waals surface area contributed by atoms with E-state index in [9.17, 15) is 4.39 Å². The largest absolute Gasteiger partial charge is 0.357 e. The van der Waals surface area contributed by atoms with Gasteiger partial charge < -0.3 is 15.5 Å². The van der Waals surface area contributed by atoms with Crippen molar-refractivity contribution in [3.8, 4) is 0 Å². The molecule has 1 aromatic rings. The summed E-state index contributed by atoms with van der Waals surface area (Å²) in [5, 5.41) is 6.68. The van der Waals surface area contributed by atoms with E-state index in [-0.39, 0.29) is 5.82 Å². The van der Waals surface area contributed by atoms with Gasteiger partial charge >= 0.3 is 0 Å². The topological polar surface area (TPSA) is 39.7 Å². The number of aliphatic imine (C=N–C) groups is 1. The minimum atomic E-state index is -0.164. The number of nitrogens with one attached hydrogen (secondary N) is 2. The molecular weight excluding hydrogens is 279 g/mol. The van der Waals surface area contributed by atoms with Crippen molar-refractivity contribution < 1.29 is 4.39 Å². The molecule has 0 spiro atoms. The van der Waals surface area contributed by atoms with Crippen molar-refractivity contribution in [2.24, 2.45) is 10.9 Å². The van der Waals surface area contributed by atoms with E-state index < -0.39 is 0 Å². The summed E-state index contributed by atoms with van der Waals surface area (Å²) in [7, 11) is 2.16. The van der Waals surface area contributed by atoms with E-state index in [1.54, 1.807) is 13.0 Å². The number of hydrogen-bond donors (Lipinski definition) is 2. The van der Waals surface area contributed by atoms with Crippen molar-refractivity contribution >= 4 is 5.96 Å². The van der Waals surface area contributed by atoms with Gasteiger partial charge in [0.2, 0.25) is 0 Å². The molecule has 2 N–H and O–H groups in total. The lowest BCUT2D eigenvalue weighted by molar-refractivity contribution is 0.394. The summed E-state index contributed by atoms with van der Waals surface area (Å²) in [4.78, 5) is 6.95. The van der Waals surface area contributed by atoms with Crippen LogP contribution in [0.25, 0.3) is 0 Å². The van der Waals surface area contributed by atoms with E-state index >= 15 is 0 Å². The van der Waals surface area contributed by atoms with Crippen LogP contribution in [0.5, 0.6) is 0 Å². The van der Waals surface area contributed by atoms with Gasteiger partial charge in [-0.05, 0) is 57.0 Å². The van der Waals surface area contributed by atoms with E-state index in [4.69, 9.17) is 0 Å². The van der Waals surface area contributed by atoms with Crippen molar-refractivity contribution in [1.82, 2.24) is 15.5 Å². The molecule has 1 fully saturated rings. The van der Waals surface area contributed by atoms with Gasteiger partial charge in [0.25, 0.3) is 0 Å². The van der Waals surface area contributed by atoms with Crippen LogP contribution in [0.15, 0.2) is 23.2 Å². The van der Waals surface area contributed by atoms with Crippen molar-refractivity contribution in [1.29, 1.82) is 0 Å². The summed E-state index contributed by atoms with van der Waals surface area (Å²) < 4.78 is 13.3. The monoisotopic (exact) mass is 306 g/mol. The Hall–Kier alpha value is -1.62. The molecule has 1 unspecified atom stereocenters. The lowest BCUT2D eigenvalue weighted by atomic mass is 10.1. The molecule has 0 aromatic heterocycles. The molecule has 1 aliphatic heterocycles. The van der Waals surface area contributed by atoms with Crippen molar-refractivity contribution in [3.63, 3.8) is 0 Å². The second kappa shape index (κ2) is 8.13. The van der Waals surface area contributed by atoms with Gasteiger partial charge in [-0.15, -0.1) is 0 Å². The third kappa shape index (κ3) is 4.98. The molecule has 2 rings (SSSR count). The molecule has 5 heteroatoms. The lowest BCUT2D eigenvalue weighted by Gasteiger charge is -2.15. The summed E-state index contributed by atoms with van der Waals surface area (Å²) in [6.07, 6.45) is 1.24. The number of rotatable bonds is 5. The van der Waals surface area contributed by atoms with E-state index in [1.807, 2.05) is 6.07 Å². The van der Waals surface area contributed by atoms with Crippen molar-refractivity contribution in [2.75, 3.05) is 33.2 Å². The smallest absolute Gasteiger partial charge is 0.191 e. The summed E-state index contributed by atoms with van der Waals surface area (Å²) in [5.74, 6) is 1.35. The quantitative estimate of drug-likeness (QED) is 0.647. The number of likely N-dealkylation sites (tertiary alicyclic amines) is 1. The summed E-state index contributed by atoms with van der Waals surface area (Å²) >= 11 is 0. The van der Waals surface area contributed by atoms with Gasteiger partial charge in [-0.3, -0.25) is 0 Å². The maximum atomic E-state index is 13.3. The molecule has 0 bridgehead atoms. The second-order valence-electron chi connectivity index (χ2n) is 6.08. The van der Waals surface area contributed by atoms with E-state index in [2.05, 4.69) is 34.5 Å². The third-order valence-corrected chi connectivity index (χ3v) is 4.03. The fraction of sp³-hybridized carbons (Fsp3) is 0.588. The van der Waals surface area contributed by atoms with Gasteiger partial charge in [0, 0.05) is 19.6 Å². The molecule has 0 aliphatic carbocycles. The molecule has 122 valence electrons. The van der Waals surface area contributed by atoms with Gasteiger partial charge in [0.05, 0.1) is 6.54 Å². The van der Waals surface area contributed by atoms with Crippen LogP contribution in [-0.4, -0.2) is 44.1 Å². The highest BCUT2D eigenvalue weighted by molar-refractivity contribution is 5.79. The fourth-order valence-corrected chi connectivity index (χ4v) is 2.75. The summed E-state index contributed by atoms with van der Waals surface area (Å²) in [5.41, 5.74) is 1.69. The van der Waals surface area contributed by atoms with Crippen molar-refractivity contribution in [2.45, 2.75) is 26.8 Å². The van der Waals surface area contributed by atoms with Crippen LogP contribution in [0.4, 0.5) is 4.39 Å². The van der Waals surface area contributed by atoms with E-state index in [0.717, 1.165) is 31.2 Å². The zero-order chi connectivity index (χ0) is 15.9. The van der Waals surface area contributed by atoms with Crippen LogP contribution < -0.4 is 10.6 Å². The standard InChI is InChI=1S/C17H27FN4/c1-4-19-17(21-11-15-7-8-22(3)12-15)20-10-14-5-6-16(18)13(2)9-14/h5-6,9,15H,4,7-8,10-12H2,1-3H3,(H2,19,20,21). The first-order valence-electron chi connectivity index (χ1n) is 8.04. The molecule has 0 amide bonds. The third-order valence-electron chi connectivity index (χ3n) is 4.03. The number of guanidine groups is 1. The fourth-order valence-electron chi connectivity index (χ4n) is 2.75. The van der Waals surface area contributed by atoms with Gasteiger partial charge in [-0.25, -0.2) is 9.38 Å². The highest BCUT2D eigenvalue weighted by Gasteiger charge is 2.19. The maximum Gasteiger partial charge on any atom is 0.191 e. The number of nitrogens with zero attached hydrogens (tertiary/aromatic N) is 2. The maximum absolute atomic E-state index is 13.3. The second-order valence-corrected chi connectivity index (χ2v) is 6.08. The molecule has 0 radical (unpaired) electrons. The predicted molar refractivity (Wildman–Crippen MR) is 89.6 cm³/mol. The molecule has 1 saturated heterocycles. The van der Waals surface area contributed by atoms with Crippen LogP contribution >= 0.6 is 0 Å². The first-order valence-corrected chi connectivity index (χ1v) is 8.04. The molecule has 1 heterocycles. The average Bonchev–Trinajstić information content (AvgIpc) is 2.91. The van der Waals surface area contributed by atoms with E-state index in [1.165, 1.54) is 19.0 Å². The van der Waals surface area contributed by atoms with Gasteiger partial charge in [-0.2, -0.15) is 0 Å². The minimum absolute atomic E-state index is 0.164. The number of halogens is 1. The first-order chi connectivity index (χ1) is 10.6. The zero-order valence-corrected chi connectivity index (χ0v) is 13.8. The molecule has 1 atom stereocenters. The Morgan fingerprint density at radius 2 is 2.23 bits per heavy atom. The normalized spacial score (nSPS) is 19.5. The Balaban J connectivity index is 1.89. The lowest BCUT2D eigenvalue weighted by Crippen LogP contribution is -2.40. The van der Waals surface area contributed by atoms with Crippen LogP contribution in [0, 0.1) is 18.7 Å². The highest BCUT2D eigenvalue weighted by atomic mass is 19.1. The van der Waals surface area contributed by atoms with Crippen LogP contribution in [0.1, 0.15) is 24.5 Å². The molecule has 0 saturated carbocycles. The average molecular weight is 306 g/mol. The van der Waals surface area contributed by atoms with Gasteiger partial charge in [0.15, 0.2) is 5.96 Å². The van der Waals surface area contributed by atoms with Gasteiger partial charge in [0.1, 0.15) is 5.82 Å². The Morgan fingerprint density at radius 3 is 2.86 bits per heavy atom. The highest BCUT2D eigenvalue weighted by Crippen LogP contribution is 2.13. The summed E-state index contributed by atoms with van der Waals surface area (Å²) in [6.45, 7) is 8.49. The molecule has 4 nitrogen and oxygen atoms in total. The number of benzene rings is 1. The Morgan fingerprint density at radius 1 is 1.41 bits per heavy atom. The SMILES string of the molecule is CCNC(=NCc1ccc(F)c(C)c1)NCC1CCN(C)C1. The molecular formula is C17H27FN4. The van der Waals surface area contributed by atoms with Crippen LogP contribution in [0.3, 0.4) is 0 Å². The number of hydrogen-bond acceptors (Lipinski definition) is 2. The van der Waals surface area contributed by atoms with Crippen molar-refractivity contribution in [3.05, 3.63) is 35.1 Å². The Kier molecular flexibility index (Phi) is 6.19. The number of aryl methyl sites for hydroxylation is 1.